The van der Waals surface area contributed by atoms with Crippen LogP contribution < -0.4 is 15.4 Å². The van der Waals surface area contributed by atoms with E-state index in [-0.39, 0.29) is 17.2 Å². The Morgan fingerprint density at radius 1 is 0.969 bits per heavy atom. The van der Waals surface area contributed by atoms with Gasteiger partial charge < -0.3 is 15.4 Å². The summed E-state index contributed by atoms with van der Waals surface area (Å²) in [6.45, 7) is 2.07. The van der Waals surface area contributed by atoms with Crippen LogP contribution in [0.2, 0.25) is 0 Å². The maximum Gasteiger partial charge on any atom is 0.319 e. The van der Waals surface area contributed by atoms with Crippen molar-refractivity contribution < 1.29 is 22.7 Å². The van der Waals surface area contributed by atoms with Gasteiger partial charge in [0, 0.05) is 37.2 Å². The molecule has 0 atom stereocenters. The van der Waals surface area contributed by atoms with Crippen LogP contribution in [0.15, 0.2) is 71.8 Å². The van der Waals surface area contributed by atoms with Crippen LogP contribution in [0, 0.1) is 0 Å². The third-order valence-electron chi connectivity index (χ3n) is 4.49. The molecule has 0 aliphatic heterocycles. The molecule has 2 amide bonds. The van der Waals surface area contributed by atoms with Crippen molar-refractivity contribution >= 4 is 27.3 Å². The van der Waals surface area contributed by atoms with Crippen LogP contribution in [0.25, 0.3) is 0 Å². The predicted octanol–water partition coefficient (Wildman–Crippen LogP) is 4.19. The number of aromatic nitrogens is 1. The van der Waals surface area contributed by atoms with E-state index in [1.165, 1.54) is 30.5 Å². The Bertz CT molecular complexity index is 1210. The summed E-state index contributed by atoms with van der Waals surface area (Å²) in [5.41, 5.74) is 1.70. The van der Waals surface area contributed by atoms with Gasteiger partial charge in [0.1, 0.15) is 17.2 Å². The van der Waals surface area contributed by atoms with Crippen molar-refractivity contribution in [1.29, 1.82) is 0 Å². The maximum absolute atomic E-state index is 12.1. The molecular weight excluding hydrogens is 430 g/mol. The molecule has 0 aliphatic rings. The zero-order chi connectivity index (χ0) is 23.1. The fraction of sp³-hybridized carbons (Fsp3) is 0.174. The lowest BCUT2D eigenvalue weighted by molar-refractivity contribution is 0.0983. The molecule has 2 N–H and O–H groups in total. The van der Waals surface area contributed by atoms with Crippen LogP contribution in [0.5, 0.6) is 11.5 Å². The summed E-state index contributed by atoms with van der Waals surface area (Å²) in [5, 5.41) is 5.38. The van der Waals surface area contributed by atoms with E-state index >= 15 is 0 Å². The summed E-state index contributed by atoms with van der Waals surface area (Å²) < 4.78 is 28.7. The Morgan fingerprint density at radius 3 is 2.28 bits per heavy atom. The first-order valence-corrected chi connectivity index (χ1v) is 11.7. The second kappa shape index (κ2) is 10.1. The Kier molecular flexibility index (Phi) is 7.21. The lowest BCUT2D eigenvalue weighted by Gasteiger charge is -2.10. The largest absolute Gasteiger partial charge is 0.457 e. The van der Waals surface area contributed by atoms with Gasteiger partial charge in [-0.1, -0.05) is 19.1 Å². The van der Waals surface area contributed by atoms with Crippen molar-refractivity contribution in [3.05, 3.63) is 78.1 Å². The molecule has 2 aromatic carbocycles. The first kappa shape index (κ1) is 23.0. The van der Waals surface area contributed by atoms with E-state index in [1.54, 1.807) is 31.2 Å². The van der Waals surface area contributed by atoms with E-state index < -0.39 is 15.9 Å². The average molecular weight is 454 g/mol. The zero-order valence-corrected chi connectivity index (χ0v) is 18.5. The highest BCUT2D eigenvalue weighted by Crippen LogP contribution is 2.22. The monoisotopic (exact) mass is 453 g/mol. The number of amides is 2. The normalized spacial score (nSPS) is 10.9. The number of sulfone groups is 1. The van der Waals surface area contributed by atoms with E-state index in [0.717, 1.165) is 11.8 Å². The molecule has 0 bridgehead atoms. The van der Waals surface area contributed by atoms with Gasteiger partial charge in [0.15, 0.2) is 15.6 Å². The molecule has 0 saturated heterocycles. The van der Waals surface area contributed by atoms with Gasteiger partial charge in [-0.3, -0.25) is 9.78 Å². The number of hydrogen-bond donors (Lipinski definition) is 2. The topological polar surface area (TPSA) is 114 Å². The van der Waals surface area contributed by atoms with Crippen molar-refractivity contribution in [2.75, 3.05) is 11.6 Å². The molecule has 1 aromatic heterocycles. The summed E-state index contributed by atoms with van der Waals surface area (Å²) in [4.78, 5) is 28.1. The molecule has 8 nitrogen and oxygen atoms in total. The van der Waals surface area contributed by atoms with E-state index in [2.05, 4.69) is 15.6 Å². The lowest BCUT2D eigenvalue weighted by Crippen LogP contribution is -2.28. The minimum atomic E-state index is -3.28. The number of ketones is 1. The SMILES string of the molecule is CCC(=O)c1cc(Oc2ccc(CNC(=O)Nc3ccc(S(C)(=O)=O)cc3)cc2)ccn1. The second-order valence-electron chi connectivity index (χ2n) is 7.00. The summed E-state index contributed by atoms with van der Waals surface area (Å²) in [5.74, 6) is 1.05. The standard InChI is InChI=1S/C23H23N3O5S/c1-3-22(27)21-14-19(12-13-24-21)31-18-8-4-16(5-9-18)15-25-23(28)26-17-6-10-20(11-7-17)32(2,29)30/h4-14H,3,15H2,1-2H3,(H2,25,26,28). The Balaban J connectivity index is 1.52. The maximum atomic E-state index is 12.1. The van der Waals surface area contributed by atoms with Crippen LogP contribution in [0.3, 0.4) is 0 Å². The highest BCUT2D eigenvalue weighted by molar-refractivity contribution is 7.90. The van der Waals surface area contributed by atoms with Crippen molar-refractivity contribution in [3.8, 4) is 11.5 Å². The number of nitrogens with one attached hydrogen (secondary N) is 2. The summed E-state index contributed by atoms with van der Waals surface area (Å²) in [6, 6.07) is 16.0. The van der Waals surface area contributed by atoms with Crippen LogP contribution in [-0.4, -0.2) is 31.5 Å². The van der Waals surface area contributed by atoms with Crippen molar-refractivity contribution in [3.63, 3.8) is 0 Å². The number of pyridine rings is 1. The first-order chi connectivity index (χ1) is 15.2. The number of urea groups is 1. The molecule has 0 radical (unpaired) electrons. The summed E-state index contributed by atoms with van der Waals surface area (Å²) in [7, 11) is -3.28. The first-order valence-electron chi connectivity index (χ1n) is 9.85. The predicted molar refractivity (Wildman–Crippen MR) is 121 cm³/mol. The Morgan fingerprint density at radius 2 is 1.66 bits per heavy atom. The molecule has 3 aromatic rings. The number of carbonyl (C=O) groups is 2. The molecule has 32 heavy (non-hydrogen) atoms. The van der Waals surface area contributed by atoms with Gasteiger partial charge in [-0.2, -0.15) is 0 Å². The van der Waals surface area contributed by atoms with Crippen LogP contribution >= 0.6 is 0 Å². The molecule has 9 heteroatoms. The third kappa shape index (κ3) is 6.39. The van der Waals surface area contributed by atoms with E-state index in [0.29, 0.717) is 29.3 Å². The summed E-state index contributed by atoms with van der Waals surface area (Å²) in [6.07, 6.45) is 3.03. The van der Waals surface area contributed by atoms with Gasteiger partial charge >= 0.3 is 6.03 Å². The Hall–Kier alpha value is -3.72. The van der Waals surface area contributed by atoms with Gasteiger partial charge in [0.05, 0.1) is 4.90 Å². The minimum absolute atomic E-state index is 0.0542. The van der Waals surface area contributed by atoms with Crippen molar-refractivity contribution in [1.82, 2.24) is 10.3 Å². The smallest absolute Gasteiger partial charge is 0.319 e. The zero-order valence-electron chi connectivity index (χ0n) is 17.7. The van der Waals surface area contributed by atoms with Gasteiger partial charge in [-0.05, 0) is 48.0 Å². The van der Waals surface area contributed by atoms with Crippen LogP contribution in [-0.2, 0) is 16.4 Å². The lowest BCUT2D eigenvalue weighted by atomic mass is 10.2. The number of rotatable bonds is 8. The molecule has 3 rings (SSSR count). The highest BCUT2D eigenvalue weighted by atomic mass is 32.2. The van der Waals surface area contributed by atoms with E-state index in [9.17, 15) is 18.0 Å². The van der Waals surface area contributed by atoms with Gasteiger partial charge in [-0.25, -0.2) is 13.2 Å². The van der Waals surface area contributed by atoms with Crippen LogP contribution in [0.1, 0.15) is 29.4 Å². The summed E-state index contributed by atoms with van der Waals surface area (Å²) >= 11 is 0. The van der Waals surface area contributed by atoms with E-state index in [4.69, 9.17) is 4.74 Å². The van der Waals surface area contributed by atoms with Gasteiger partial charge in [0.2, 0.25) is 0 Å². The van der Waals surface area contributed by atoms with Gasteiger partial charge in [0.25, 0.3) is 0 Å². The Labute approximate surface area is 186 Å². The molecule has 0 saturated carbocycles. The molecule has 166 valence electrons. The van der Waals surface area contributed by atoms with Gasteiger partial charge in [-0.15, -0.1) is 0 Å². The highest BCUT2D eigenvalue weighted by Gasteiger charge is 2.09. The minimum Gasteiger partial charge on any atom is -0.457 e. The number of anilines is 1. The molecule has 1 heterocycles. The number of Topliss-reactive ketones (excluding diaryl/α,β-unsaturated/α-hetero) is 1. The van der Waals surface area contributed by atoms with Crippen molar-refractivity contribution in [2.24, 2.45) is 0 Å². The number of hydrogen-bond acceptors (Lipinski definition) is 6. The third-order valence-corrected chi connectivity index (χ3v) is 5.62. The number of carbonyl (C=O) groups excluding carboxylic acids is 2. The molecule has 0 fully saturated rings. The molecular formula is C23H23N3O5S. The fourth-order valence-corrected chi connectivity index (χ4v) is 3.39. The van der Waals surface area contributed by atoms with Crippen molar-refractivity contribution in [2.45, 2.75) is 24.8 Å². The quantitative estimate of drug-likeness (QED) is 0.494. The number of benzene rings is 2. The molecule has 0 aliphatic carbocycles. The molecule has 0 unspecified atom stereocenters. The second-order valence-corrected chi connectivity index (χ2v) is 9.02. The number of ether oxygens (including phenoxy) is 1. The fourth-order valence-electron chi connectivity index (χ4n) is 2.76. The molecule has 0 spiro atoms. The average Bonchev–Trinajstić information content (AvgIpc) is 2.78. The number of nitrogens with zero attached hydrogens (tertiary/aromatic N) is 1. The van der Waals surface area contributed by atoms with E-state index in [1.807, 2.05) is 12.1 Å². The van der Waals surface area contributed by atoms with Crippen LogP contribution in [0.4, 0.5) is 10.5 Å².